The van der Waals surface area contributed by atoms with Gasteiger partial charge < -0.3 is 10.6 Å². The molecule has 0 saturated carbocycles. The van der Waals surface area contributed by atoms with Gasteiger partial charge in [0.05, 0.1) is 0 Å². The molecule has 0 aliphatic heterocycles. The van der Waals surface area contributed by atoms with Crippen LogP contribution < -0.4 is 10.6 Å². The number of benzene rings is 2. The molecular weight excluding hydrogens is 849 g/mol. The third-order valence-corrected chi connectivity index (χ3v) is 11.5. The second-order valence-electron chi connectivity index (χ2n) is 17.5. The predicted octanol–water partition coefficient (Wildman–Crippen LogP) is 19.7. The first kappa shape index (κ1) is 62.2. The van der Waals surface area contributed by atoms with Gasteiger partial charge in [-0.3, -0.25) is 0 Å². The van der Waals surface area contributed by atoms with Crippen molar-refractivity contribution in [2.24, 2.45) is 0 Å². The van der Waals surface area contributed by atoms with Crippen molar-refractivity contribution in [1.82, 2.24) is 0 Å². The van der Waals surface area contributed by atoms with Crippen LogP contribution in [0.1, 0.15) is 219 Å². The van der Waals surface area contributed by atoms with Gasteiger partial charge in [-0.1, -0.05) is 206 Å². The molecule has 4 aromatic rings. The standard InChI is InChI=1S/2C24H40F2N.2C5H5.Ti/c2*1-2-3-4-5-6-7-8-9-10-11-12-13-14-15-16-17-20-27-24-19-18-22(25)21-23(24)26;2*1-2-4-5-3-1;/h2*18-19,27H,2-17,20H2,1H3;2*1-5H;/q4*-1;+4. The van der Waals surface area contributed by atoms with Crippen LogP contribution in [0.4, 0.5) is 28.9 Å². The summed E-state index contributed by atoms with van der Waals surface area (Å²) in [7, 11) is 0. The fraction of sp³-hybridized carbons (Fsp3) is 0.621. The maximum absolute atomic E-state index is 13.4. The van der Waals surface area contributed by atoms with E-state index in [1.165, 1.54) is 204 Å². The Bertz CT molecular complexity index is 1330. The average Bonchev–Trinajstić information content (AvgIpc) is 4.09. The van der Waals surface area contributed by atoms with Crippen LogP contribution >= 0.6 is 0 Å². The van der Waals surface area contributed by atoms with Crippen LogP contribution in [0.5, 0.6) is 0 Å². The van der Waals surface area contributed by atoms with E-state index in [0.717, 1.165) is 38.8 Å². The molecule has 0 spiro atoms. The normalized spacial score (nSPS) is 10.4. The molecule has 0 aliphatic carbocycles. The first-order chi connectivity index (χ1) is 31.5. The molecule has 0 bridgehead atoms. The second-order valence-corrected chi connectivity index (χ2v) is 17.5. The molecule has 0 heterocycles. The molecule has 0 aromatic heterocycles. The van der Waals surface area contributed by atoms with Gasteiger partial charge in [0.15, 0.2) is 0 Å². The number of anilines is 2. The van der Waals surface area contributed by atoms with Gasteiger partial charge in [0.1, 0.15) is 0 Å². The molecule has 0 radical (unpaired) electrons. The smallest absolute Gasteiger partial charge is 0.434 e. The van der Waals surface area contributed by atoms with E-state index in [0.29, 0.717) is 11.4 Å². The molecule has 7 heteroatoms. The topological polar surface area (TPSA) is 24.1 Å². The van der Waals surface area contributed by atoms with Crippen molar-refractivity contribution in [2.45, 2.75) is 219 Å². The molecular formula is C58H90F4N2Ti. The van der Waals surface area contributed by atoms with E-state index in [1.807, 2.05) is 72.8 Å². The number of hydrogen-bond acceptors (Lipinski definition) is 2. The van der Waals surface area contributed by atoms with Gasteiger partial charge in [0.2, 0.25) is 0 Å². The summed E-state index contributed by atoms with van der Waals surface area (Å²) in [4.78, 5) is 0. The van der Waals surface area contributed by atoms with E-state index in [2.05, 4.69) is 24.5 Å². The van der Waals surface area contributed by atoms with Crippen molar-refractivity contribution in [3.8, 4) is 0 Å². The Morgan fingerprint density at radius 1 is 0.354 bits per heavy atom. The van der Waals surface area contributed by atoms with E-state index in [-0.39, 0.29) is 21.7 Å². The van der Waals surface area contributed by atoms with Crippen LogP contribution in [0.25, 0.3) is 0 Å². The summed E-state index contributed by atoms with van der Waals surface area (Å²) >= 11 is 0. The molecule has 0 fully saturated rings. The minimum atomic E-state index is -0.652. The van der Waals surface area contributed by atoms with E-state index < -0.39 is 23.3 Å². The molecule has 2 N–H and O–H groups in total. The summed E-state index contributed by atoms with van der Waals surface area (Å²) in [5, 5.41) is 6.03. The average molecular weight is 939 g/mol. The number of nitrogens with one attached hydrogen (secondary N) is 2. The van der Waals surface area contributed by atoms with Crippen molar-refractivity contribution < 1.29 is 39.3 Å². The Kier molecular flexibility index (Phi) is 47.0. The maximum Gasteiger partial charge on any atom is 4.00 e. The summed E-state index contributed by atoms with van der Waals surface area (Å²) in [6.07, 6.45) is 43.1. The Morgan fingerprint density at radius 2 is 0.585 bits per heavy atom. The molecule has 4 rings (SSSR count). The summed E-state index contributed by atoms with van der Waals surface area (Å²) in [6.45, 7) is 6.01. The van der Waals surface area contributed by atoms with Crippen molar-refractivity contribution >= 4 is 11.4 Å². The molecule has 0 unspecified atom stereocenters. The summed E-state index contributed by atoms with van der Waals surface area (Å²) in [6, 6.07) is 29.4. The minimum absolute atomic E-state index is 0. The van der Waals surface area contributed by atoms with Crippen LogP contribution in [-0.2, 0) is 21.7 Å². The van der Waals surface area contributed by atoms with Gasteiger partial charge in [0.25, 0.3) is 0 Å². The Labute approximate surface area is 412 Å². The van der Waals surface area contributed by atoms with Crippen molar-refractivity contribution in [2.75, 3.05) is 23.7 Å². The third-order valence-electron chi connectivity index (χ3n) is 11.5. The fourth-order valence-electron chi connectivity index (χ4n) is 7.59. The quantitative estimate of drug-likeness (QED) is 0.0205. The number of unbranched alkanes of at least 4 members (excludes halogenated alkanes) is 30. The Morgan fingerprint density at radius 3 is 0.785 bits per heavy atom. The van der Waals surface area contributed by atoms with E-state index in [1.54, 1.807) is 0 Å². The van der Waals surface area contributed by atoms with Crippen LogP contribution in [-0.4, -0.2) is 13.1 Å². The number of halogens is 4. The monoisotopic (exact) mass is 939 g/mol. The zero-order valence-electron chi connectivity index (χ0n) is 41.1. The Hall–Kier alpha value is -2.83. The third kappa shape index (κ3) is 42.3. The van der Waals surface area contributed by atoms with Gasteiger partial charge in [-0.2, -0.15) is 36.4 Å². The van der Waals surface area contributed by atoms with Crippen molar-refractivity contribution in [3.63, 3.8) is 0 Å². The SMILES string of the molecule is CCCCCCCCCCCCCCCCCCNc1ccc(F)[c-]c1F.CCCCCCCCCCCCCCCCCCNc1ccc(F)[c-]c1F.[Ti+4].c1cc[cH-]c1.c1cc[cH-]c1. The number of rotatable bonds is 36. The molecule has 0 atom stereocenters. The number of hydrogen-bond donors (Lipinski definition) is 2. The molecule has 364 valence electrons. The molecule has 2 nitrogen and oxygen atoms in total. The van der Waals surface area contributed by atoms with E-state index >= 15 is 0 Å². The summed E-state index contributed by atoms with van der Waals surface area (Å²) < 4.78 is 52.3. The zero-order valence-corrected chi connectivity index (χ0v) is 42.7. The Balaban J connectivity index is 0.00000102. The molecule has 0 saturated heterocycles. The fourth-order valence-corrected chi connectivity index (χ4v) is 7.59. The van der Waals surface area contributed by atoms with Crippen LogP contribution in [0.2, 0.25) is 0 Å². The first-order valence-corrected chi connectivity index (χ1v) is 26.0. The van der Waals surface area contributed by atoms with Gasteiger partial charge in [-0.15, -0.1) is 36.4 Å². The molecule has 65 heavy (non-hydrogen) atoms. The van der Waals surface area contributed by atoms with Gasteiger partial charge in [0, 0.05) is 36.4 Å². The zero-order chi connectivity index (χ0) is 46.2. The summed E-state index contributed by atoms with van der Waals surface area (Å²) in [5.41, 5.74) is 0.690. The van der Waals surface area contributed by atoms with Crippen LogP contribution in [0.3, 0.4) is 0 Å². The first-order valence-electron chi connectivity index (χ1n) is 26.0. The largest absolute Gasteiger partial charge is 4.00 e. The predicted molar refractivity (Wildman–Crippen MR) is 271 cm³/mol. The molecule has 0 amide bonds. The van der Waals surface area contributed by atoms with E-state index in [4.69, 9.17) is 0 Å². The maximum atomic E-state index is 13.4. The minimum Gasteiger partial charge on any atom is -0.434 e. The summed E-state index contributed by atoms with van der Waals surface area (Å²) in [5.74, 6) is -2.57. The molecule has 0 aliphatic rings. The van der Waals surface area contributed by atoms with Gasteiger partial charge in [-0.25, -0.2) is 41.8 Å². The van der Waals surface area contributed by atoms with Gasteiger partial charge in [-0.05, 0) is 24.2 Å². The van der Waals surface area contributed by atoms with Crippen LogP contribution in [0, 0.1) is 35.4 Å². The van der Waals surface area contributed by atoms with Crippen molar-refractivity contribution in [3.05, 3.63) is 120 Å². The van der Waals surface area contributed by atoms with Crippen LogP contribution in [0.15, 0.2) is 84.9 Å². The second kappa shape index (κ2) is 49.1. The van der Waals surface area contributed by atoms with E-state index in [9.17, 15) is 17.6 Å². The van der Waals surface area contributed by atoms with Crippen molar-refractivity contribution in [1.29, 1.82) is 0 Å². The molecule has 4 aromatic carbocycles. The van der Waals surface area contributed by atoms with Gasteiger partial charge >= 0.3 is 21.7 Å².